The van der Waals surface area contributed by atoms with E-state index in [9.17, 15) is 19.2 Å². The summed E-state index contributed by atoms with van der Waals surface area (Å²) in [5.74, 6) is -1.80. The lowest BCUT2D eigenvalue weighted by Crippen LogP contribution is -2.42. The average molecular weight is 372 g/mol. The molecule has 1 aromatic carbocycles. The predicted octanol–water partition coefficient (Wildman–Crippen LogP) is 1.25. The molecule has 0 spiro atoms. The van der Waals surface area contributed by atoms with Crippen molar-refractivity contribution < 1.29 is 19.2 Å². The van der Waals surface area contributed by atoms with E-state index < -0.39 is 35.8 Å². The number of carbonyl (C=O) groups is 4. The number of amides is 5. The highest BCUT2D eigenvalue weighted by Crippen LogP contribution is 2.29. The first-order valence-electron chi connectivity index (χ1n) is 7.69. The van der Waals surface area contributed by atoms with E-state index in [1.807, 2.05) is 0 Å². The summed E-state index contributed by atoms with van der Waals surface area (Å²) >= 11 is 1.13. The summed E-state index contributed by atoms with van der Waals surface area (Å²) in [7, 11) is 0. The molecule has 9 heteroatoms. The lowest BCUT2D eigenvalue weighted by Gasteiger charge is -2.22. The highest BCUT2D eigenvalue weighted by molar-refractivity contribution is 7.14. The van der Waals surface area contributed by atoms with Crippen molar-refractivity contribution in [3.05, 3.63) is 52.9 Å². The van der Waals surface area contributed by atoms with Crippen LogP contribution in [0.3, 0.4) is 0 Å². The van der Waals surface area contributed by atoms with Gasteiger partial charge in [-0.25, -0.2) is 4.79 Å². The molecule has 1 saturated heterocycles. The molecule has 2 heterocycles. The number of urea groups is 1. The minimum atomic E-state index is -1.24. The van der Waals surface area contributed by atoms with E-state index >= 15 is 0 Å². The van der Waals surface area contributed by atoms with E-state index in [0.29, 0.717) is 5.56 Å². The van der Waals surface area contributed by atoms with Crippen molar-refractivity contribution >= 4 is 40.1 Å². The molecule has 0 saturated carbocycles. The minimum absolute atomic E-state index is 0.176. The molecule has 0 radical (unpaired) electrons. The molecule has 134 valence electrons. The summed E-state index contributed by atoms with van der Waals surface area (Å²) in [4.78, 5) is 49.4. The first-order valence-corrected chi connectivity index (χ1v) is 8.57. The van der Waals surface area contributed by atoms with Gasteiger partial charge in [0, 0.05) is 0 Å². The van der Waals surface area contributed by atoms with Crippen LogP contribution in [0.15, 0.2) is 41.8 Å². The van der Waals surface area contributed by atoms with Crippen LogP contribution in [-0.2, 0) is 15.1 Å². The zero-order valence-electron chi connectivity index (χ0n) is 13.8. The van der Waals surface area contributed by atoms with Crippen molar-refractivity contribution in [2.45, 2.75) is 12.5 Å². The lowest BCUT2D eigenvalue weighted by molar-refractivity contribution is -0.133. The number of thiophene rings is 1. The van der Waals surface area contributed by atoms with Crippen LogP contribution in [0.4, 0.5) is 9.80 Å². The molecule has 26 heavy (non-hydrogen) atoms. The van der Waals surface area contributed by atoms with E-state index in [1.165, 1.54) is 6.07 Å². The van der Waals surface area contributed by atoms with Gasteiger partial charge in [-0.3, -0.25) is 19.3 Å². The number of nitrogens with zero attached hydrogens (tertiary/aromatic N) is 1. The van der Waals surface area contributed by atoms with Crippen LogP contribution in [0.5, 0.6) is 0 Å². The van der Waals surface area contributed by atoms with Crippen molar-refractivity contribution in [3.63, 3.8) is 0 Å². The molecule has 2 aromatic rings. The molecule has 3 rings (SSSR count). The molecule has 0 bridgehead atoms. The lowest BCUT2D eigenvalue weighted by atomic mass is 9.92. The molecule has 1 aromatic heterocycles. The summed E-state index contributed by atoms with van der Waals surface area (Å²) in [5.41, 5.74) is 4.79. The van der Waals surface area contributed by atoms with Crippen molar-refractivity contribution in [2.75, 3.05) is 11.9 Å². The van der Waals surface area contributed by atoms with Gasteiger partial charge in [0.15, 0.2) is 0 Å². The second-order valence-electron chi connectivity index (χ2n) is 5.89. The van der Waals surface area contributed by atoms with Crippen LogP contribution in [0, 0.1) is 0 Å². The van der Waals surface area contributed by atoms with Crippen molar-refractivity contribution in [2.24, 2.45) is 5.73 Å². The van der Waals surface area contributed by atoms with Crippen molar-refractivity contribution in [3.8, 4) is 0 Å². The largest absolute Gasteiger partial charge is 0.366 e. The number of nitrogens with one attached hydrogen (secondary N) is 2. The fourth-order valence-corrected chi connectivity index (χ4v) is 3.53. The highest BCUT2D eigenvalue weighted by Gasteiger charge is 2.49. The Morgan fingerprint density at radius 2 is 1.92 bits per heavy atom. The Morgan fingerprint density at radius 3 is 2.58 bits per heavy atom. The van der Waals surface area contributed by atoms with Crippen LogP contribution < -0.4 is 16.4 Å². The smallest absolute Gasteiger partial charge is 0.325 e. The number of imide groups is 1. The number of rotatable bonds is 5. The standard InChI is InChI=1S/C17H16N4O4S/c1-17(10-5-3-2-4-6-10)15(24)21(16(25)20-17)9-12(22)19-14-11(13(18)23)7-8-26-14/h2-8H,9H2,1H3,(H2,18,23)(H,19,22)(H,20,25)/t17-/m0/s1. The van der Waals surface area contributed by atoms with Crippen molar-refractivity contribution in [1.82, 2.24) is 10.2 Å². The predicted molar refractivity (Wildman–Crippen MR) is 95.5 cm³/mol. The molecule has 1 aliphatic rings. The number of nitrogens with two attached hydrogens (primary N) is 1. The average Bonchev–Trinajstić information content (AvgIpc) is 3.15. The first-order chi connectivity index (χ1) is 12.3. The number of anilines is 1. The van der Waals surface area contributed by atoms with E-state index in [-0.39, 0.29) is 10.6 Å². The third-order valence-electron chi connectivity index (χ3n) is 4.11. The molecule has 8 nitrogen and oxygen atoms in total. The van der Waals surface area contributed by atoms with Gasteiger partial charge in [0.25, 0.3) is 11.8 Å². The minimum Gasteiger partial charge on any atom is -0.366 e. The van der Waals surface area contributed by atoms with Gasteiger partial charge in [0.05, 0.1) is 5.56 Å². The monoisotopic (exact) mass is 372 g/mol. The van der Waals surface area contributed by atoms with Gasteiger partial charge in [0.2, 0.25) is 5.91 Å². The molecule has 1 fully saturated rings. The molecule has 5 amide bonds. The van der Waals surface area contributed by atoms with Crippen LogP contribution in [0.2, 0.25) is 0 Å². The Hall–Kier alpha value is -3.20. The maximum absolute atomic E-state index is 12.7. The number of benzene rings is 1. The maximum atomic E-state index is 12.7. The molecule has 0 unspecified atom stereocenters. The molecule has 4 N–H and O–H groups in total. The summed E-state index contributed by atoms with van der Waals surface area (Å²) in [6, 6.07) is 9.62. The molecule has 1 atom stereocenters. The van der Waals surface area contributed by atoms with Gasteiger partial charge in [0.1, 0.15) is 17.1 Å². The highest BCUT2D eigenvalue weighted by atomic mass is 32.1. The topological polar surface area (TPSA) is 122 Å². The zero-order valence-corrected chi connectivity index (χ0v) is 14.6. The van der Waals surface area contributed by atoms with Gasteiger partial charge >= 0.3 is 6.03 Å². The van der Waals surface area contributed by atoms with Crippen LogP contribution in [-0.4, -0.2) is 35.2 Å². The molecule has 1 aliphatic heterocycles. The fraction of sp³-hybridized carbons (Fsp3) is 0.176. The van der Waals surface area contributed by atoms with Gasteiger partial charge in [-0.15, -0.1) is 11.3 Å². The summed E-state index contributed by atoms with van der Waals surface area (Å²) < 4.78 is 0. The maximum Gasteiger partial charge on any atom is 0.325 e. The van der Waals surface area contributed by atoms with E-state index in [2.05, 4.69) is 10.6 Å². The third-order valence-corrected chi connectivity index (χ3v) is 4.94. The first kappa shape index (κ1) is 17.6. The quantitative estimate of drug-likeness (QED) is 0.684. The molecular formula is C17H16N4O4S. The van der Waals surface area contributed by atoms with Gasteiger partial charge in [-0.1, -0.05) is 30.3 Å². The van der Waals surface area contributed by atoms with Gasteiger partial charge in [-0.05, 0) is 23.9 Å². The van der Waals surface area contributed by atoms with Gasteiger partial charge < -0.3 is 16.4 Å². The number of hydrogen-bond donors (Lipinski definition) is 3. The van der Waals surface area contributed by atoms with Crippen LogP contribution >= 0.6 is 11.3 Å². The van der Waals surface area contributed by atoms with Crippen LogP contribution in [0.1, 0.15) is 22.8 Å². The normalized spacial score (nSPS) is 19.3. The Bertz CT molecular complexity index is 895. The van der Waals surface area contributed by atoms with Crippen molar-refractivity contribution in [1.29, 1.82) is 0 Å². The summed E-state index contributed by atoms with van der Waals surface area (Å²) in [6.45, 7) is 1.12. The van der Waals surface area contributed by atoms with Gasteiger partial charge in [-0.2, -0.15) is 0 Å². The zero-order chi connectivity index (χ0) is 18.9. The summed E-state index contributed by atoms with van der Waals surface area (Å²) in [6.07, 6.45) is 0. The van der Waals surface area contributed by atoms with Crippen LogP contribution in [0.25, 0.3) is 0 Å². The Labute approximate surface area is 153 Å². The Morgan fingerprint density at radius 1 is 1.23 bits per heavy atom. The Balaban J connectivity index is 1.75. The van der Waals surface area contributed by atoms with E-state index in [4.69, 9.17) is 5.73 Å². The number of carbonyl (C=O) groups excluding carboxylic acids is 4. The third kappa shape index (κ3) is 3.04. The molecular weight excluding hydrogens is 356 g/mol. The summed E-state index contributed by atoms with van der Waals surface area (Å²) in [5, 5.41) is 7.02. The SMILES string of the molecule is C[C@@]1(c2ccccc2)NC(=O)N(CC(=O)Nc2sccc2C(N)=O)C1=O. The Kier molecular flexibility index (Phi) is 4.47. The second kappa shape index (κ2) is 6.60. The second-order valence-corrected chi connectivity index (χ2v) is 6.80. The molecule has 0 aliphatic carbocycles. The number of hydrogen-bond acceptors (Lipinski definition) is 5. The fourth-order valence-electron chi connectivity index (χ4n) is 2.72. The van der Waals surface area contributed by atoms with E-state index in [0.717, 1.165) is 16.2 Å². The van der Waals surface area contributed by atoms with E-state index in [1.54, 1.807) is 42.6 Å². The number of primary amides is 1.